The molecule has 0 bridgehead atoms. The highest BCUT2D eigenvalue weighted by molar-refractivity contribution is 5.79. The molecule has 0 saturated carbocycles. The number of rotatable bonds is 4. The van der Waals surface area contributed by atoms with E-state index in [0.717, 1.165) is 28.8 Å². The molecule has 0 aliphatic rings. The summed E-state index contributed by atoms with van der Waals surface area (Å²) in [6.45, 7) is 0.785. The van der Waals surface area contributed by atoms with Gasteiger partial charge in [-0.2, -0.15) is 0 Å². The highest BCUT2D eigenvalue weighted by atomic mass is 16.3. The molecule has 3 aromatic rings. The van der Waals surface area contributed by atoms with E-state index in [1.54, 1.807) is 6.20 Å². The number of aliphatic hydroxyl groups excluding tert-OH is 1. The van der Waals surface area contributed by atoms with E-state index in [4.69, 9.17) is 5.11 Å². The van der Waals surface area contributed by atoms with E-state index in [1.807, 2.05) is 36.5 Å². The molecule has 0 atom stereocenters. The summed E-state index contributed by atoms with van der Waals surface area (Å²) in [5, 5.41) is 13.6. The van der Waals surface area contributed by atoms with E-state index in [0.29, 0.717) is 0 Å². The average Bonchev–Trinajstić information content (AvgIpc) is 2.89. The summed E-state index contributed by atoms with van der Waals surface area (Å²) in [5.74, 6) is 0. The van der Waals surface area contributed by atoms with Gasteiger partial charge in [-0.3, -0.25) is 0 Å². The van der Waals surface area contributed by atoms with Crippen molar-refractivity contribution in [2.24, 2.45) is 0 Å². The second-order valence-electron chi connectivity index (χ2n) is 4.43. The molecule has 19 heavy (non-hydrogen) atoms. The fraction of sp³-hybridized carbons (Fsp3) is 0.133. The lowest BCUT2D eigenvalue weighted by atomic mass is 10.2. The lowest BCUT2D eigenvalue weighted by Crippen LogP contribution is -1.99. The zero-order chi connectivity index (χ0) is 13.1. The van der Waals surface area contributed by atoms with E-state index >= 15 is 0 Å². The molecule has 0 spiro atoms. The molecular weight excluding hydrogens is 238 g/mol. The maximum absolute atomic E-state index is 9.11. The Bertz CT molecular complexity index is 690. The molecule has 96 valence electrons. The quantitative estimate of drug-likeness (QED) is 0.670. The lowest BCUT2D eigenvalue weighted by molar-refractivity contribution is 0.282. The third-order valence-corrected chi connectivity index (χ3v) is 3.13. The Balaban J connectivity index is 1.78. The van der Waals surface area contributed by atoms with Crippen LogP contribution in [-0.4, -0.2) is 15.1 Å². The molecule has 0 saturated heterocycles. The van der Waals surface area contributed by atoms with E-state index < -0.39 is 0 Å². The SMILES string of the molecule is OCc1cccc(NCc2c[nH]c3ncccc23)c1. The second-order valence-corrected chi connectivity index (χ2v) is 4.43. The molecule has 0 fully saturated rings. The maximum Gasteiger partial charge on any atom is 0.137 e. The molecule has 0 unspecified atom stereocenters. The van der Waals surface area contributed by atoms with Crippen LogP contribution in [0.3, 0.4) is 0 Å². The van der Waals surface area contributed by atoms with Crippen LogP contribution >= 0.6 is 0 Å². The molecule has 2 aromatic heterocycles. The molecule has 0 radical (unpaired) electrons. The topological polar surface area (TPSA) is 60.9 Å². The van der Waals surface area contributed by atoms with E-state index in [2.05, 4.69) is 21.4 Å². The number of aliphatic hydroxyl groups is 1. The van der Waals surface area contributed by atoms with Crippen LogP contribution in [0.15, 0.2) is 48.8 Å². The first-order chi connectivity index (χ1) is 9.36. The van der Waals surface area contributed by atoms with Gasteiger partial charge in [0.1, 0.15) is 5.65 Å². The third-order valence-electron chi connectivity index (χ3n) is 3.13. The molecular formula is C15H15N3O. The number of aromatic nitrogens is 2. The van der Waals surface area contributed by atoms with Gasteiger partial charge in [-0.05, 0) is 35.4 Å². The number of anilines is 1. The summed E-state index contributed by atoms with van der Waals surface area (Å²) < 4.78 is 0. The number of pyridine rings is 1. The van der Waals surface area contributed by atoms with Crippen LogP contribution in [0.5, 0.6) is 0 Å². The van der Waals surface area contributed by atoms with E-state index in [1.165, 1.54) is 5.56 Å². The van der Waals surface area contributed by atoms with Crippen molar-refractivity contribution in [2.45, 2.75) is 13.2 Å². The third kappa shape index (κ3) is 2.44. The molecule has 4 nitrogen and oxygen atoms in total. The molecule has 2 heterocycles. The number of aromatic amines is 1. The summed E-state index contributed by atoms with van der Waals surface area (Å²) >= 11 is 0. The predicted molar refractivity (Wildman–Crippen MR) is 75.8 cm³/mol. The van der Waals surface area contributed by atoms with Crippen LogP contribution in [0.25, 0.3) is 11.0 Å². The Labute approximate surface area is 111 Å². The van der Waals surface area contributed by atoms with Crippen molar-refractivity contribution < 1.29 is 5.11 Å². The van der Waals surface area contributed by atoms with Gasteiger partial charge in [-0.1, -0.05) is 12.1 Å². The van der Waals surface area contributed by atoms with Crippen LogP contribution in [0.2, 0.25) is 0 Å². The number of hydrogen-bond donors (Lipinski definition) is 3. The zero-order valence-corrected chi connectivity index (χ0v) is 10.4. The summed E-state index contributed by atoms with van der Waals surface area (Å²) in [7, 11) is 0. The average molecular weight is 253 g/mol. The minimum absolute atomic E-state index is 0.0620. The van der Waals surface area contributed by atoms with Crippen molar-refractivity contribution in [3.63, 3.8) is 0 Å². The van der Waals surface area contributed by atoms with Crippen molar-refractivity contribution >= 4 is 16.7 Å². The van der Waals surface area contributed by atoms with Crippen molar-refractivity contribution in [3.05, 3.63) is 59.9 Å². The Morgan fingerprint density at radius 2 is 2.16 bits per heavy atom. The van der Waals surface area contributed by atoms with Crippen LogP contribution < -0.4 is 5.32 Å². The molecule has 4 heteroatoms. The fourth-order valence-corrected chi connectivity index (χ4v) is 2.14. The van der Waals surface area contributed by atoms with Gasteiger partial charge in [0.05, 0.1) is 6.61 Å². The highest BCUT2D eigenvalue weighted by Gasteiger charge is 2.03. The van der Waals surface area contributed by atoms with Crippen molar-refractivity contribution in [1.82, 2.24) is 9.97 Å². The largest absolute Gasteiger partial charge is 0.392 e. The van der Waals surface area contributed by atoms with Gasteiger partial charge >= 0.3 is 0 Å². The van der Waals surface area contributed by atoms with Gasteiger partial charge < -0.3 is 15.4 Å². The Morgan fingerprint density at radius 1 is 1.21 bits per heavy atom. The van der Waals surface area contributed by atoms with Crippen LogP contribution in [0.1, 0.15) is 11.1 Å². The lowest BCUT2D eigenvalue weighted by Gasteiger charge is -2.06. The number of benzene rings is 1. The Kier molecular flexibility index (Phi) is 3.16. The van der Waals surface area contributed by atoms with Gasteiger partial charge in [0.2, 0.25) is 0 Å². The molecule has 1 aromatic carbocycles. The summed E-state index contributed by atoms with van der Waals surface area (Å²) in [6.07, 6.45) is 3.75. The Morgan fingerprint density at radius 3 is 3.05 bits per heavy atom. The monoisotopic (exact) mass is 253 g/mol. The number of nitrogens with zero attached hydrogens (tertiary/aromatic N) is 1. The van der Waals surface area contributed by atoms with Crippen molar-refractivity contribution in [3.8, 4) is 0 Å². The number of fused-ring (bicyclic) bond motifs is 1. The van der Waals surface area contributed by atoms with Crippen molar-refractivity contribution in [1.29, 1.82) is 0 Å². The van der Waals surface area contributed by atoms with Crippen LogP contribution in [-0.2, 0) is 13.2 Å². The number of nitrogens with one attached hydrogen (secondary N) is 2. The molecule has 3 rings (SSSR count). The normalized spacial score (nSPS) is 10.8. The summed E-state index contributed by atoms with van der Waals surface area (Å²) in [6, 6.07) is 11.8. The molecule has 0 aliphatic heterocycles. The van der Waals surface area contributed by atoms with E-state index in [-0.39, 0.29) is 6.61 Å². The first-order valence-corrected chi connectivity index (χ1v) is 6.21. The smallest absolute Gasteiger partial charge is 0.137 e. The summed E-state index contributed by atoms with van der Waals surface area (Å²) in [4.78, 5) is 7.42. The van der Waals surface area contributed by atoms with Gasteiger partial charge in [0.25, 0.3) is 0 Å². The first kappa shape index (κ1) is 11.7. The molecule has 3 N–H and O–H groups in total. The zero-order valence-electron chi connectivity index (χ0n) is 10.4. The summed E-state index contributed by atoms with van der Waals surface area (Å²) in [5.41, 5.74) is 4.00. The minimum Gasteiger partial charge on any atom is -0.392 e. The minimum atomic E-state index is 0.0620. The van der Waals surface area contributed by atoms with Gasteiger partial charge in [0.15, 0.2) is 0 Å². The predicted octanol–water partition coefficient (Wildman–Crippen LogP) is 2.67. The highest BCUT2D eigenvalue weighted by Crippen LogP contribution is 2.18. The maximum atomic E-state index is 9.11. The fourth-order valence-electron chi connectivity index (χ4n) is 2.14. The van der Waals surface area contributed by atoms with Gasteiger partial charge in [-0.25, -0.2) is 4.98 Å². The molecule has 0 aliphatic carbocycles. The van der Waals surface area contributed by atoms with Crippen LogP contribution in [0, 0.1) is 0 Å². The number of H-pyrrole nitrogens is 1. The molecule has 0 amide bonds. The first-order valence-electron chi connectivity index (χ1n) is 6.21. The van der Waals surface area contributed by atoms with Crippen LogP contribution in [0.4, 0.5) is 5.69 Å². The van der Waals surface area contributed by atoms with Crippen molar-refractivity contribution in [2.75, 3.05) is 5.32 Å². The number of hydrogen-bond acceptors (Lipinski definition) is 3. The standard InChI is InChI=1S/C15H15N3O/c19-10-11-3-1-4-13(7-11)17-8-12-9-18-15-14(12)5-2-6-16-15/h1-7,9,17,19H,8,10H2,(H,16,18). The Hall–Kier alpha value is -2.33. The van der Waals surface area contributed by atoms with Gasteiger partial charge in [0, 0.05) is 30.0 Å². The van der Waals surface area contributed by atoms with E-state index in [9.17, 15) is 0 Å². The van der Waals surface area contributed by atoms with Gasteiger partial charge in [-0.15, -0.1) is 0 Å². The second kappa shape index (κ2) is 5.12.